The molecule has 0 saturated carbocycles. The van der Waals surface area contributed by atoms with E-state index in [1.54, 1.807) is 23.9 Å². The highest BCUT2D eigenvalue weighted by molar-refractivity contribution is 5.79. The van der Waals surface area contributed by atoms with E-state index >= 15 is 0 Å². The third-order valence-electron chi connectivity index (χ3n) is 3.72. The standard InChI is InChI=1S/C14H26N2O4/c1-13(2,3)20-12(19)16-9-6-7-14(8-10-16,11(17)18)15(4)5/h6-10H2,1-5H3,(H,17,18). The van der Waals surface area contributed by atoms with E-state index in [1.807, 2.05) is 20.8 Å². The van der Waals surface area contributed by atoms with Gasteiger partial charge in [-0.1, -0.05) is 0 Å². The highest BCUT2D eigenvalue weighted by atomic mass is 16.6. The van der Waals surface area contributed by atoms with Gasteiger partial charge in [-0.25, -0.2) is 4.79 Å². The molecule has 1 saturated heterocycles. The average molecular weight is 286 g/mol. The number of carboxylic acids is 1. The SMILES string of the molecule is CN(C)C1(C(=O)O)CCCN(C(=O)OC(C)(C)C)CC1. The van der Waals surface area contributed by atoms with Crippen molar-refractivity contribution in [2.24, 2.45) is 0 Å². The van der Waals surface area contributed by atoms with Crippen LogP contribution in [0, 0.1) is 0 Å². The summed E-state index contributed by atoms with van der Waals surface area (Å²) in [6.45, 7) is 6.41. The fourth-order valence-electron chi connectivity index (χ4n) is 2.48. The molecule has 0 radical (unpaired) electrons. The van der Waals surface area contributed by atoms with E-state index in [0.717, 1.165) is 0 Å². The lowest BCUT2D eigenvalue weighted by Gasteiger charge is -2.35. The van der Waals surface area contributed by atoms with E-state index in [4.69, 9.17) is 4.74 Å². The number of hydrogen-bond acceptors (Lipinski definition) is 4. The van der Waals surface area contributed by atoms with Crippen molar-refractivity contribution < 1.29 is 19.4 Å². The van der Waals surface area contributed by atoms with E-state index in [9.17, 15) is 14.7 Å². The molecular formula is C14H26N2O4. The van der Waals surface area contributed by atoms with Crippen molar-refractivity contribution in [2.75, 3.05) is 27.2 Å². The molecule has 1 fully saturated rings. The summed E-state index contributed by atoms with van der Waals surface area (Å²) in [4.78, 5) is 27.0. The Morgan fingerprint density at radius 1 is 1.20 bits per heavy atom. The topological polar surface area (TPSA) is 70.1 Å². The lowest BCUT2D eigenvalue weighted by Crippen LogP contribution is -2.51. The number of carbonyl (C=O) groups excluding carboxylic acids is 1. The van der Waals surface area contributed by atoms with Crippen molar-refractivity contribution in [3.8, 4) is 0 Å². The first kappa shape index (κ1) is 16.8. The van der Waals surface area contributed by atoms with Crippen LogP contribution >= 0.6 is 0 Å². The molecule has 0 aromatic rings. The minimum Gasteiger partial charge on any atom is -0.480 e. The Bertz CT molecular complexity index is 376. The second kappa shape index (κ2) is 5.99. The average Bonchev–Trinajstić information content (AvgIpc) is 2.49. The minimum absolute atomic E-state index is 0.363. The van der Waals surface area contributed by atoms with Crippen molar-refractivity contribution >= 4 is 12.1 Å². The first-order valence-electron chi connectivity index (χ1n) is 6.97. The third kappa shape index (κ3) is 3.85. The Morgan fingerprint density at radius 3 is 2.25 bits per heavy atom. The fraction of sp³-hybridized carbons (Fsp3) is 0.857. The molecule has 6 heteroatoms. The molecule has 0 aliphatic carbocycles. The van der Waals surface area contributed by atoms with Crippen LogP contribution in [0.4, 0.5) is 4.79 Å². The predicted molar refractivity (Wildman–Crippen MR) is 75.7 cm³/mol. The number of hydrogen-bond donors (Lipinski definition) is 1. The number of carboxylic acid groups (broad SMARTS) is 1. The van der Waals surface area contributed by atoms with Crippen molar-refractivity contribution in [2.45, 2.75) is 51.2 Å². The number of aliphatic carboxylic acids is 1. The summed E-state index contributed by atoms with van der Waals surface area (Å²) in [6, 6.07) is 0. The Morgan fingerprint density at radius 2 is 1.80 bits per heavy atom. The zero-order valence-electron chi connectivity index (χ0n) is 13.1. The van der Waals surface area contributed by atoms with Crippen molar-refractivity contribution in [3.05, 3.63) is 0 Å². The smallest absolute Gasteiger partial charge is 0.410 e. The minimum atomic E-state index is -0.892. The van der Waals surface area contributed by atoms with Gasteiger partial charge in [0.25, 0.3) is 0 Å². The second-order valence-corrected chi connectivity index (χ2v) is 6.55. The lowest BCUT2D eigenvalue weighted by molar-refractivity contribution is -0.150. The molecule has 1 amide bonds. The molecule has 1 unspecified atom stereocenters. The summed E-state index contributed by atoms with van der Waals surface area (Å²) in [6.07, 6.45) is 1.24. The van der Waals surface area contributed by atoms with Crippen molar-refractivity contribution in [1.82, 2.24) is 9.80 Å². The van der Waals surface area contributed by atoms with Gasteiger partial charge in [0.05, 0.1) is 0 Å². The van der Waals surface area contributed by atoms with Gasteiger partial charge in [-0.05, 0) is 54.1 Å². The van der Waals surface area contributed by atoms with Gasteiger partial charge in [0, 0.05) is 13.1 Å². The number of nitrogens with zero attached hydrogens (tertiary/aromatic N) is 2. The summed E-state index contributed by atoms with van der Waals surface area (Å²) in [5, 5.41) is 9.52. The summed E-state index contributed by atoms with van der Waals surface area (Å²) >= 11 is 0. The Kier molecular flexibility index (Phi) is 5.02. The normalized spacial score (nSPS) is 24.4. The zero-order valence-corrected chi connectivity index (χ0v) is 13.1. The molecule has 1 heterocycles. The van der Waals surface area contributed by atoms with Gasteiger partial charge in [0.2, 0.25) is 0 Å². The highest BCUT2D eigenvalue weighted by Gasteiger charge is 2.42. The molecule has 0 spiro atoms. The molecule has 1 rings (SSSR count). The van der Waals surface area contributed by atoms with Crippen LogP contribution in [0.5, 0.6) is 0 Å². The quantitative estimate of drug-likeness (QED) is 0.838. The number of amides is 1. The van der Waals surface area contributed by atoms with Gasteiger partial charge in [-0.3, -0.25) is 9.69 Å². The van der Waals surface area contributed by atoms with Crippen LogP contribution < -0.4 is 0 Å². The maximum Gasteiger partial charge on any atom is 0.410 e. The maximum atomic E-state index is 12.1. The van der Waals surface area contributed by atoms with Crippen LogP contribution in [-0.2, 0) is 9.53 Å². The summed E-state index contributed by atoms with van der Waals surface area (Å²) in [5.74, 6) is -0.825. The molecule has 1 aliphatic rings. The molecule has 1 N–H and O–H groups in total. The van der Waals surface area contributed by atoms with Crippen LogP contribution in [0.1, 0.15) is 40.0 Å². The van der Waals surface area contributed by atoms with Crippen molar-refractivity contribution in [1.29, 1.82) is 0 Å². The molecule has 1 atom stereocenters. The molecule has 1 aliphatic heterocycles. The van der Waals surface area contributed by atoms with E-state index in [-0.39, 0.29) is 6.09 Å². The van der Waals surface area contributed by atoms with Gasteiger partial charge < -0.3 is 14.7 Å². The number of likely N-dealkylation sites (N-methyl/N-ethyl adjacent to an activating group) is 1. The van der Waals surface area contributed by atoms with E-state index < -0.39 is 17.1 Å². The first-order chi connectivity index (χ1) is 9.08. The second-order valence-electron chi connectivity index (χ2n) is 6.55. The van der Waals surface area contributed by atoms with Gasteiger partial charge in [0.1, 0.15) is 11.1 Å². The van der Waals surface area contributed by atoms with E-state index in [0.29, 0.717) is 32.4 Å². The van der Waals surface area contributed by atoms with E-state index in [2.05, 4.69) is 0 Å². The summed E-state index contributed by atoms with van der Waals surface area (Å²) in [7, 11) is 3.55. The zero-order chi connectivity index (χ0) is 15.6. The molecule has 0 aromatic heterocycles. The van der Waals surface area contributed by atoms with Crippen LogP contribution in [0.15, 0.2) is 0 Å². The van der Waals surface area contributed by atoms with E-state index in [1.165, 1.54) is 0 Å². The van der Waals surface area contributed by atoms with Gasteiger partial charge in [0.15, 0.2) is 0 Å². The fourth-order valence-corrected chi connectivity index (χ4v) is 2.48. The lowest BCUT2D eigenvalue weighted by atomic mass is 9.89. The summed E-state index contributed by atoms with van der Waals surface area (Å²) < 4.78 is 5.35. The summed E-state index contributed by atoms with van der Waals surface area (Å²) in [5.41, 5.74) is -1.43. The molecule has 116 valence electrons. The first-order valence-corrected chi connectivity index (χ1v) is 6.97. The monoisotopic (exact) mass is 286 g/mol. The number of rotatable bonds is 2. The Labute approximate surface area is 120 Å². The van der Waals surface area contributed by atoms with Crippen LogP contribution in [0.2, 0.25) is 0 Å². The Balaban J connectivity index is 2.77. The van der Waals surface area contributed by atoms with Crippen LogP contribution in [0.3, 0.4) is 0 Å². The maximum absolute atomic E-state index is 12.1. The molecule has 0 aromatic carbocycles. The highest BCUT2D eigenvalue weighted by Crippen LogP contribution is 2.28. The number of ether oxygens (including phenoxy) is 1. The van der Waals surface area contributed by atoms with Crippen molar-refractivity contribution in [3.63, 3.8) is 0 Å². The van der Waals surface area contributed by atoms with Gasteiger partial charge in [-0.15, -0.1) is 0 Å². The molecular weight excluding hydrogens is 260 g/mol. The molecule has 20 heavy (non-hydrogen) atoms. The predicted octanol–water partition coefficient (Wildman–Crippen LogP) is 1.79. The molecule has 0 bridgehead atoms. The number of likely N-dealkylation sites (tertiary alicyclic amines) is 1. The van der Waals surface area contributed by atoms with Gasteiger partial charge in [-0.2, -0.15) is 0 Å². The number of carbonyl (C=O) groups is 2. The van der Waals surface area contributed by atoms with Crippen LogP contribution in [-0.4, -0.2) is 65.3 Å². The van der Waals surface area contributed by atoms with Gasteiger partial charge >= 0.3 is 12.1 Å². The van der Waals surface area contributed by atoms with Crippen LogP contribution in [0.25, 0.3) is 0 Å². The largest absolute Gasteiger partial charge is 0.480 e. The molecule has 6 nitrogen and oxygen atoms in total. The third-order valence-corrected chi connectivity index (χ3v) is 3.72. The Hall–Kier alpha value is -1.30.